The Kier molecular flexibility index (Phi) is 6.28. The van der Waals surface area contributed by atoms with E-state index in [1.807, 2.05) is 37.3 Å². The van der Waals surface area contributed by atoms with Crippen LogP contribution in [0.1, 0.15) is 30.4 Å². The topological polar surface area (TPSA) is 114 Å². The quantitative estimate of drug-likeness (QED) is 0.492. The number of amides is 3. The van der Waals surface area contributed by atoms with Gasteiger partial charge in [0.1, 0.15) is 5.54 Å². The first-order chi connectivity index (χ1) is 17.7. The van der Waals surface area contributed by atoms with Gasteiger partial charge in [-0.05, 0) is 42.2 Å². The van der Waals surface area contributed by atoms with Gasteiger partial charge in [0, 0.05) is 24.7 Å². The van der Waals surface area contributed by atoms with Crippen molar-refractivity contribution in [3.05, 3.63) is 83.9 Å². The first-order valence-corrected chi connectivity index (χ1v) is 13.4. The lowest BCUT2D eigenvalue weighted by Crippen LogP contribution is -2.54. The molecule has 1 aliphatic heterocycles. The van der Waals surface area contributed by atoms with Crippen LogP contribution in [0.25, 0.3) is 0 Å². The van der Waals surface area contributed by atoms with Gasteiger partial charge in [-0.2, -0.15) is 0 Å². The molecule has 192 valence electrons. The molecule has 0 saturated heterocycles. The summed E-state index contributed by atoms with van der Waals surface area (Å²) in [5, 5.41) is 2.71. The number of urea groups is 1. The zero-order valence-corrected chi connectivity index (χ0v) is 21.2. The molecule has 1 heterocycles. The highest BCUT2D eigenvalue weighted by Crippen LogP contribution is 2.53. The molecule has 2 atom stereocenters. The lowest BCUT2D eigenvalue weighted by molar-refractivity contribution is -0.121. The van der Waals surface area contributed by atoms with Crippen molar-refractivity contribution in [3.63, 3.8) is 0 Å². The Morgan fingerprint density at radius 3 is 2.46 bits per heavy atom. The van der Waals surface area contributed by atoms with Crippen LogP contribution in [-0.2, 0) is 21.2 Å². The molecule has 1 fully saturated rings. The molecule has 2 unspecified atom stereocenters. The molecule has 3 aromatic carbocycles. The Balaban J connectivity index is 1.41. The van der Waals surface area contributed by atoms with Crippen molar-refractivity contribution in [1.82, 2.24) is 10.0 Å². The maximum absolute atomic E-state index is 13.8. The molecule has 0 radical (unpaired) electrons. The fourth-order valence-corrected chi connectivity index (χ4v) is 5.97. The predicted molar refractivity (Wildman–Crippen MR) is 137 cm³/mol. The average molecular weight is 522 g/mol. The number of hydrogen-bond donors (Lipinski definition) is 2. The summed E-state index contributed by atoms with van der Waals surface area (Å²) in [5.41, 5.74) is 0.689. The van der Waals surface area contributed by atoms with E-state index in [-0.39, 0.29) is 23.5 Å². The zero-order valence-electron chi connectivity index (χ0n) is 20.4. The monoisotopic (exact) mass is 521 g/mol. The molecule has 3 amide bonds. The molecular weight excluding hydrogens is 494 g/mol. The van der Waals surface area contributed by atoms with Crippen LogP contribution in [-0.4, -0.2) is 39.7 Å². The Morgan fingerprint density at radius 2 is 1.70 bits per heavy atom. The largest absolute Gasteiger partial charge is 0.454 e. The first kappa shape index (κ1) is 24.6. The summed E-state index contributed by atoms with van der Waals surface area (Å²) >= 11 is 0. The van der Waals surface area contributed by atoms with Crippen LogP contribution in [0.5, 0.6) is 11.5 Å². The molecular formula is C27H27N3O6S. The Bertz CT molecular complexity index is 1460. The number of anilines is 1. The van der Waals surface area contributed by atoms with E-state index in [2.05, 4.69) is 10.0 Å². The van der Waals surface area contributed by atoms with Crippen LogP contribution in [0, 0.1) is 0 Å². The molecule has 0 spiro atoms. The van der Waals surface area contributed by atoms with Gasteiger partial charge in [0.25, 0.3) is 15.9 Å². The second-order valence-corrected chi connectivity index (χ2v) is 10.7. The van der Waals surface area contributed by atoms with Gasteiger partial charge in [-0.25, -0.2) is 17.9 Å². The van der Waals surface area contributed by atoms with E-state index in [4.69, 9.17) is 9.47 Å². The van der Waals surface area contributed by atoms with Gasteiger partial charge in [0.05, 0.1) is 4.90 Å². The highest BCUT2D eigenvalue weighted by Gasteiger charge is 2.63. The molecule has 9 nitrogen and oxygen atoms in total. The fraction of sp³-hybridized carbons (Fsp3) is 0.259. The normalized spacial score (nSPS) is 19.7. The number of fused-ring (bicyclic) bond motifs is 1. The smallest absolute Gasteiger partial charge is 0.329 e. The minimum atomic E-state index is -4.15. The number of sulfonamides is 1. The molecule has 2 N–H and O–H groups in total. The van der Waals surface area contributed by atoms with Crippen LogP contribution in [0.2, 0.25) is 0 Å². The van der Waals surface area contributed by atoms with Gasteiger partial charge in [0.2, 0.25) is 6.79 Å². The summed E-state index contributed by atoms with van der Waals surface area (Å²) in [5.74, 6) is 0.409. The van der Waals surface area contributed by atoms with Gasteiger partial charge in [0.15, 0.2) is 11.5 Å². The van der Waals surface area contributed by atoms with Crippen LogP contribution >= 0.6 is 0 Å². The van der Waals surface area contributed by atoms with Crippen molar-refractivity contribution >= 4 is 27.6 Å². The highest BCUT2D eigenvalue weighted by atomic mass is 32.2. The Labute approximate surface area is 215 Å². The molecule has 37 heavy (non-hydrogen) atoms. The van der Waals surface area contributed by atoms with Crippen LogP contribution in [0.3, 0.4) is 0 Å². The Hall–Kier alpha value is -4.05. The second kappa shape index (κ2) is 9.44. The summed E-state index contributed by atoms with van der Waals surface area (Å²) in [6.45, 7) is 1.94. The van der Waals surface area contributed by atoms with E-state index in [1.54, 1.807) is 43.4 Å². The van der Waals surface area contributed by atoms with Crippen molar-refractivity contribution in [2.75, 3.05) is 18.7 Å². The third kappa shape index (κ3) is 4.60. The standard InChI is InChI=1S/C27H27N3O6S/c1-3-18-9-7-8-12-24(18)37(33,34)29-26(32)28-27(16-21(27)19-10-5-4-6-11-19)25(31)30(2)20-13-14-22-23(15-20)36-17-35-22/h4-15,21H,3,16-17H2,1-2H3,(H2,28,29,32). The van der Waals surface area contributed by atoms with E-state index in [9.17, 15) is 18.0 Å². The number of hydrogen-bond acceptors (Lipinski definition) is 6. The summed E-state index contributed by atoms with van der Waals surface area (Å²) in [4.78, 5) is 28.4. The average Bonchev–Trinajstić information content (AvgIpc) is 3.43. The zero-order chi connectivity index (χ0) is 26.2. The van der Waals surface area contributed by atoms with Crippen molar-refractivity contribution in [3.8, 4) is 11.5 Å². The van der Waals surface area contributed by atoms with Crippen molar-refractivity contribution in [2.24, 2.45) is 0 Å². The van der Waals surface area contributed by atoms with Gasteiger partial charge >= 0.3 is 6.03 Å². The van der Waals surface area contributed by atoms with Crippen LogP contribution in [0.15, 0.2) is 77.7 Å². The lowest BCUT2D eigenvalue weighted by Gasteiger charge is -2.26. The number of benzene rings is 3. The summed E-state index contributed by atoms with van der Waals surface area (Å²) < 4.78 is 38.9. The number of carbonyl (C=O) groups excluding carboxylic acids is 2. The predicted octanol–water partition coefficient (Wildman–Crippen LogP) is 3.55. The molecule has 0 aromatic heterocycles. The first-order valence-electron chi connectivity index (χ1n) is 11.9. The van der Waals surface area contributed by atoms with Crippen LogP contribution in [0.4, 0.5) is 10.5 Å². The SMILES string of the molecule is CCc1ccccc1S(=O)(=O)NC(=O)NC1(C(=O)N(C)c2ccc3c(c2)OCO3)CC1c1ccccc1. The maximum atomic E-state index is 13.8. The lowest BCUT2D eigenvalue weighted by atomic mass is 10.0. The van der Waals surface area contributed by atoms with Gasteiger partial charge in [-0.3, -0.25) is 4.79 Å². The van der Waals surface area contributed by atoms with Crippen molar-refractivity contribution in [2.45, 2.75) is 36.1 Å². The van der Waals surface area contributed by atoms with E-state index in [1.165, 1.54) is 11.0 Å². The van der Waals surface area contributed by atoms with E-state index < -0.39 is 21.6 Å². The third-order valence-electron chi connectivity index (χ3n) is 6.80. The number of likely N-dealkylation sites (N-methyl/N-ethyl adjacent to an activating group) is 1. The summed E-state index contributed by atoms with van der Waals surface area (Å²) in [6.07, 6.45) is 0.807. The summed E-state index contributed by atoms with van der Waals surface area (Å²) in [7, 11) is -2.54. The number of ether oxygens (including phenoxy) is 2. The number of carbonyl (C=O) groups is 2. The molecule has 3 aromatic rings. The van der Waals surface area contributed by atoms with Crippen molar-refractivity contribution in [1.29, 1.82) is 0 Å². The maximum Gasteiger partial charge on any atom is 0.329 e. The minimum absolute atomic E-state index is 0.0286. The van der Waals surface area contributed by atoms with Gasteiger partial charge in [-0.1, -0.05) is 55.5 Å². The second-order valence-electron chi connectivity index (χ2n) is 9.06. The van der Waals surface area contributed by atoms with E-state index in [0.717, 1.165) is 5.56 Å². The van der Waals surface area contributed by atoms with Crippen LogP contribution < -0.4 is 24.4 Å². The number of nitrogens with zero attached hydrogens (tertiary/aromatic N) is 1. The summed E-state index contributed by atoms with van der Waals surface area (Å²) in [6, 6.07) is 20.0. The van der Waals surface area contributed by atoms with E-state index in [0.29, 0.717) is 35.6 Å². The molecule has 1 saturated carbocycles. The molecule has 2 aliphatic rings. The highest BCUT2D eigenvalue weighted by molar-refractivity contribution is 7.90. The number of aryl methyl sites for hydroxylation is 1. The fourth-order valence-electron chi connectivity index (χ4n) is 4.75. The number of rotatable bonds is 7. The Morgan fingerprint density at radius 1 is 1.00 bits per heavy atom. The molecule has 0 bridgehead atoms. The molecule has 1 aliphatic carbocycles. The van der Waals surface area contributed by atoms with Gasteiger partial charge < -0.3 is 19.7 Å². The molecule has 10 heteroatoms. The minimum Gasteiger partial charge on any atom is -0.454 e. The van der Waals surface area contributed by atoms with Gasteiger partial charge in [-0.15, -0.1) is 0 Å². The van der Waals surface area contributed by atoms with E-state index >= 15 is 0 Å². The molecule has 5 rings (SSSR count). The van der Waals surface area contributed by atoms with Crippen molar-refractivity contribution < 1.29 is 27.5 Å². The third-order valence-corrected chi connectivity index (χ3v) is 8.23. The number of nitrogens with one attached hydrogen (secondary N) is 2.